The molecule has 0 radical (unpaired) electrons. The number of amides is 1. The molecule has 0 bridgehead atoms. The molecule has 3 aromatic rings. The molecule has 0 aliphatic heterocycles. The Kier molecular flexibility index (Phi) is 4.93. The maximum Gasteiger partial charge on any atom is 0.253 e. The molecule has 0 fully saturated rings. The molecule has 0 saturated heterocycles. The van der Waals surface area contributed by atoms with Gasteiger partial charge in [0.15, 0.2) is 0 Å². The molecule has 0 unspecified atom stereocenters. The monoisotopic (exact) mass is 335 g/mol. The minimum Gasteiger partial charge on any atom is -0.334 e. The van der Waals surface area contributed by atoms with Crippen molar-refractivity contribution in [2.45, 2.75) is 33.4 Å². The molecule has 0 atom stereocenters. The van der Waals surface area contributed by atoms with E-state index >= 15 is 0 Å². The fraction of sp³-hybridized carbons (Fsp3) is 0.250. The molecular weight excluding hydrogens is 314 g/mol. The summed E-state index contributed by atoms with van der Waals surface area (Å²) in [7, 11) is 0. The van der Waals surface area contributed by atoms with Crippen LogP contribution < -0.4 is 5.56 Å². The zero-order valence-electron chi connectivity index (χ0n) is 14.5. The molecule has 0 aliphatic carbocycles. The van der Waals surface area contributed by atoms with Gasteiger partial charge in [0.2, 0.25) is 5.91 Å². The average Bonchev–Trinajstić information content (AvgIpc) is 2.62. The number of aromatic amines is 1. The van der Waals surface area contributed by atoms with Crippen LogP contribution in [0.15, 0.2) is 53.6 Å². The number of pyridine rings is 2. The van der Waals surface area contributed by atoms with E-state index < -0.39 is 0 Å². The van der Waals surface area contributed by atoms with Gasteiger partial charge >= 0.3 is 0 Å². The fourth-order valence-electron chi connectivity index (χ4n) is 2.85. The Balaban J connectivity index is 1.92. The lowest BCUT2D eigenvalue weighted by Crippen LogP contribution is -2.32. The van der Waals surface area contributed by atoms with Gasteiger partial charge in [-0.05, 0) is 41.6 Å². The van der Waals surface area contributed by atoms with Crippen molar-refractivity contribution in [1.82, 2.24) is 14.9 Å². The number of aryl methyl sites for hydroxylation is 1. The van der Waals surface area contributed by atoms with Gasteiger partial charge in [-0.25, -0.2) is 0 Å². The third kappa shape index (κ3) is 3.94. The van der Waals surface area contributed by atoms with Crippen molar-refractivity contribution in [2.75, 3.05) is 0 Å². The normalized spacial score (nSPS) is 10.8. The summed E-state index contributed by atoms with van der Waals surface area (Å²) < 4.78 is 0. The summed E-state index contributed by atoms with van der Waals surface area (Å²) in [5.41, 5.74) is 3.28. The highest BCUT2D eigenvalue weighted by Crippen LogP contribution is 2.15. The zero-order chi connectivity index (χ0) is 17.8. The van der Waals surface area contributed by atoms with Crippen molar-refractivity contribution < 1.29 is 4.79 Å². The molecule has 1 aromatic carbocycles. The van der Waals surface area contributed by atoms with Crippen LogP contribution >= 0.6 is 0 Å². The standard InChI is InChI=1S/C20H21N3O2/c1-3-19(24)23(12-15-5-4-8-21-11-15)13-17-10-16-7-6-14(2)9-18(16)22-20(17)25/h4-11H,3,12-13H2,1-2H3,(H,22,25). The average molecular weight is 335 g/mol. The molecule has 0 saturated carbocycles. The molecule has 2 aromatic heterocycles. The van der Waals surface area contributed by atoms with Crippen LogP contribution in [0.4, 0.5) is 0 Å². The topological polar surface area (TPSA) is 66.1 Å². The second-order valence-corrected chi connectivity index (χ2v) is 6.18. The first kappa shape index (κ1) is 16.9. The number of fused-ring (bicyclic) bond motifs is 1. The van der Waals surface area contributed by atoms with Gasteiger partial charge in [0.05, 0.1) is 6.54 Å². The van der Waals surface area contributed by atoms with Gasteiger partial charge in [-0.1, -0.05) is 25.1 Å². The van der Waals surface area contributed by atoms with E-state index in [0.717, 1.165) is 22.0 Å². The molecule has 5 nitrogen and oxygen atoms in total. The van der Waals surface area contributed by atoms with E-state index in [1.165, 1.54) is 0 Å². The number of hydrogen-bond donors (Lipinski definition) is 1. The summed E-state index contributed by atoms with van der Waals surface area (Å²) in [6, 6.07) is 11.6. The number of nitrogens with zero attached hydrogens (tertiary/aromatic N) is 2. The van der Waals surface area contributed by atoms with Gasteiger partial charge in [-0.3, -0.25) is 14.6 Å². The van der Waals surface area contributed by atoms with Crippen LogP contribution in [-0.4, -0.2) is 20.8 Å². The maximum atomic E-state index is 12.4. The predicted octanol–water partition coefficient (Wildman–Crippen LogP) is 3.17. The molecule has 0 aliphatic rings. The summed E-state index contributed by atoms with van der Waals surface area (Å²) in [6.45, 7) is 4.53. The van der Waals surface area contributed by atoms with E-state index in [9.17, 15) is 9.59 Å². The third-order valence-electron chi connectivity index (χ3n) is 4.19. The Labute approximate surface area is 146 Å². The number of aromatic nitrogens is 2. The lowest BCUT2D eigenvalue weighted by atomic mass is 10.1. The third-order valence-corrected chi connectivity index (χ3v) is 4.19. The lowest BCUT2D eigenvalue weighted by Gasteiger charge is -2.22. The van der Waals surface area contributed by atoms with Gasteiger partial charge in [0.25, 0.3) is 5.56 Å². The number of nitrogens with one attached hydrogen (secondary N) is 1. The smallest absolute Gasteiger partial charge is 0.253 e. The van der Waals surface area contributed by atoms with E-state index in [2.05, 4.69) is 9.97 Å². The van der Waals surface area contributed by atoms with Gasteiger partial charge in [0.1, 0.15) is 0 Å². The lowest BCUT2D eigenvalue weighted by molar-refractivity contribution is -0.132. The summed E-state index contributed by atoms with van der Waals surface area (Å²) in [6.07, 6.45) is 3.83. The zero-order valence-corrected chi connectivity index (χ0v) is 14.5. The first-order valence-corrected chi connectivity index (χ1v) is 8.36. The highest BCUT2D eigenvalue weighted by molar-refractivity contribution is 5.80. The number of benzene rings is 1. The van der Waals surface area contributed by atoms with E-state index in [0.29, 0.717) is 18.5 Å². The number of carbonyl (C=O) groups excluding carboxylic acids is 1. The molecule has 1 amide bonds. The van der Waals surface area contributed by atoms with Crippen LogP contribution in [0.2, 0.25) is 0 Å². The largest absolute Gasteiger partial charge is 0.334 e. The van der Waals surface area contributed by atoms with Crippen LogP contribution in [0.3, 0.4) is 0 Å². The number of rotatable bonds is 5. The molecule has 1 N–H and O–H groups in total. The number of carbonyl (C=O) groups is 1. The minimum absolute atomic E-state index is 0.00672. The molecule has 2 heterocycles. The molecule has 0 spiro atoms. The van der Waals surface area contributed by atoms with E-state index in [-0.39, 0.29) is 18.0 Å². The second kappa shape index (κ2) is 7.30. The van der Waals surface area contributed by atoms with Gasteiger partial charge < -0.3 is 9.88 Å². The highest BCUT2D eigenvalue weighted by Gasteiger charge is 2.15. The quantitative estimate of drug-likeness (QED) is 0.779. The Morgan fingerprint density at radius 2 is 2.04 bits per heavy atom. The molecule has 128 valence electrons. The Hall–Kier alpha value is -2.95. The van der Waals surface area contributed by atoms with Crippen molar-refractivity contribution in [3.05, 3.63) is 75.8 Å². The molecule has 5 heteroatoms. The van der Waals surface area contributed by atoms with Crippen LogP contribution in [0.5, 0.6) is 0 Å². The van der Waals surface area contributed by atoms with Crippen molar-refractivity contribution in [3.8, 4) is 0 Å². The minimum atomic E-state index is -0.154. The SMILES string of the molecule is CCC(=O)N(Cc1cccnc1)Cc1cc2ccc(C)cc2[nH]c1=O. The summed E-state index contributed by atoms with van der Waals surface area (Å²) in [5, 5.41) is 0.963. The second-order valence-electron chi connectivity index (χ2n) is 6.18. The molecule has 3 rings (SSSR count). The maximum absolute atomic E-state index is 12.4. The van der Waals surface area contributed by atoms with Crippen LogP contribution in [0.25, 0.3) is 10.9 Å². The predicted molar refractivity (Wildman–Crippen MR) is 98.1 cm³/mol. The van der Waals surface area contributed by atoms with Gasteiger partial charge in [-0.2, -0.15) is 0 Å². The van der Waals surface area contributed by atoms with Gasteiger partial charge in [0, 0.05) is 36.4 Å². The Morgan fingerprint density at radius 1 is 1.20 bits per heavy atom. The molecule has 25 heavy (non-hydrogen) atoms. The van der Waals surface area contributed by atoms with E-state index in [1.807, 2.05) is 50.2 Å². The van der Waals surface area contributed by atoms with Crippen molar-refractivity contribution in [1.29, 1.82) is 0 Å². The first-order valence-electron chi connectivity index (χ1n) is 8.36. The summed E-state index contributed by atoms with van der Waals surface area (Å²) in [4.78, 5) is 33.5. The Bertz CT molecular complexity index is 948. The highest BCUT2D eigenvalue weighted by atomic mass is 16.2. The summed E-state index contributed by atoms with van der Waals surface area (Å²) in [5.74, 6) is 0.00672. The van der Waals surface area contributed by atoms with Crippen molar-refractivity contribution in [2.24, 2.45) is 0 Å². The van der Waals surface area contributed by atoms with Crippen LogP contribution in [0.1, 0.15) is 30.0 Å². The van der Waals surface area contributed by atoms with Crippen LogP contribution in [-0.2, 0) is 17.9 Å². The first-order chi connectivity index (χ1) is 12.1. The molecular formula is C20H21N3O2. The van der Waals surface area contributed by atoms with Crippen molar-refractivity contribution >= 4 is 16.8 Å². The summed E-state index contributed by atoms with van der Waals surface area (Å²) >= 11 is 0. The fourth-order valence-corrected chi connectivity index (χ4v) is 2.85. The Morgan fingerprint density at radius 3 is 2.76 bits per heavy atom. The van der Waals surface area contributed by atoms with Crippen LogP contribution in [0, 0.1) is 6.92 Å². The number of H-pyrrole nitrogens is 1. The van der Waals surface area contributed by atoms with E-state index in [1.54, 1.807) is 17.3 Å². The van der Waals surface area contributed by atoms with E-state index in [4.69, 9.17) is 0 Å². The van der Waals surface area contributed by atoms with Crippen molar-refractivity contribution in [3.63, 3.8) is 0 Å². The van der Waals surface area contributed by atoms with Gasteiger partial charge in [-0.15, -0.1) is 0 Å². The number of hydrogen-bond acceptors (Lipinski definition) is 3.